The maximum Gasteiger partial charge on any atom is 0.303 e. The number of methoxy groups -OCH3 is 2. The normalized spacial score (nSPS) is 9.18. The summed E-state index contributed by atoms with van der Waals surface area (Å²) in [5.41, 5.74) is -2.85. The number of aliphatic hydroxyl groups excluding tert-OH is 1. The van der Waals surface area contributed by atoms with Gasteiger partial charge < -0.3 is 143 Å². The van der Waals surface area contributed by atoms with E-state index < -0.39 is 102 Å². The molecule has 0 rings (SSSR count). The summed E-state index contributed by atoms with van der Waals surface area (Å²) in [7, 11) is 2.63. The number of esters is 1. The summed E-state index contributed by atoms with van der Waals surface area (Å²) in [6.07, 6.45) is 24.1. The lowest BCUT2D eigenvalue weighted by molar-refractivity contribution is -0.324. The molecule has 0 aliphatic carbocycles. The van der Waals surface area contributed by atoms with Crippen molar-refractivity contribution in [2.45, 2.75) is 261 Å². The van der Waals surface area contributed by atoms with E-state index >= 15 is 0 Å². The average molecular weight is 1280 g/mol. The van der Waals surface area contributed by atoms with Gasteiger partial charge >= 0.3 is 5.97 Å². The topological polar surface area (TPSA) is 567 Å². The van der Waals surface area contributed by atoms with Crippen LogP contribution in [-0.2, 0) is 76.5 Å². The molecule has 0 saturated heterocycles. The maximum absolute atomic E-state index is 10.1. The molecule has 0 radical (unpaired) electrons. The third kappa shape index (κ3) is 200. The Hall–Kier alpha value is -7.05. The minimum atomic E-state index is -1.69. The van der Waals surface area contributed by atoms with Crippen LogP contribution in [0.1, 0.15) is 250 Å². The zero-order valence-electron chi connectivity index (χ0n) is 54.3. The van der Waals surface area contributed by atoms with Gasteiger partial charge in [-0.2, -0.15) is 0 Å². The number of hydrogen-bond acceptors (Lipinski definition) is 30. The monoisotopic (exact) mass is 1280 g/mol. The highest BCUT2D eigenvalue weighted by Crippen LogP contribution is 2.10. The first-order valence-corrected chi connectivity index (χ1v) is 28.3. The van der Waals surface area contributed by atoms with Gasteiger partial charge in [-0.3, -0.25) is 4.79 Å². The van der Waals surface area contributed by atoms with Crippen LogP contribution < -0.4 is 61.3 Å². The van der Waals surface area contributed by atoms with Crippen LogP contribution in [0.2, 0.25) is 0 Å². The molecular formula is C58H102O30-12. The Morgan fingerprint density at radius 3 is 0.636 bits per heavy atom. The molecule has 0 unspecified atom stereocenters. The smallest absolute Gasteiger partial charge is 0.303 e. The Kier molecular flexibility index (Phi) is 107. The summed E-state index contributed by atoms with van der Waals surface area (Å²) in [6, 6.07) is 0. The zero-order chi connectivity index (χ0) is 72.1. The van der Waals surface area contributed by atoms with Crippen molar-refractivity contribution >= 4 is 77.6 Å². The summed E-state index contributed by atoms with van der Waals surface area (Å²) < 4.78 is 12.7. The van der Waals surface area contributed by atoms with E-state index in [9.17, 15) is 93.9 Å². The molecule has 0 atom stereocenters. The largest absolute Gasteiger partial charge is 0.550 e. The van der Waals surface area contributed by atoms with Crippen LogP contribution in [-0.4, -0.2) is 133 Å². The van der Waals surface area contributed by atoms with Gasteiger partial charge in [0.05, 0.1) is 48.7 Å². The van der Waals surface area contributed by atoms with Crippen molar-refractivity contribution in [3.63, 3.8) is 0 Å². The molecule has 0 aliphatic heterocycles. The van der Waals surface area contributed by atoms with E-state index in [2.05, 4.69) is 35.0 Å². The van der Waals surface area contributed by atoms with Crippen LogP contribution in [0, 0.1) is 0 Å². The van der Waals surface area contributed by atoms with Crippen molar-refractivity contribution in [3.05, 3.63) is 0 Å². The highest BCUT2D eigenvalue weighted by Gasteiger charge is 2.16. The van der Waals surface area contributed by atoms with Crippen molar-refractivity contribution in [3.8, 4) is 0 Å². The molecule has 0 saturated carbocycles. The molecule has 88 heavy (non-hydrogen) atoms. The number of unbranched alkanes of at least 4 members (excludes halogenated alkanes) is 16. The van der Waals surface area contributed by atoms with Gasteiger partial charge in [0, 0.05) is 62.9 Å². The number of rotatable bonds is 34. The molecule has 0 aromatic rings. The number of aliphatic hydroxyl groups is 2. The summed E-state index contributed by atoms with van der Waals surface area (Å²) in [6.45, 7) is 16.5. The molecule has 0 amide bonds. The Labute approximate surface area is 519 Å². The molecule has 0 heterocycles. The van der Waals surface area contributed by atoms with Gasteiger partial charge in [-0.25, -0.2) is 0 Å². The van der Waals surface area contributed by atoms with Gasteiger partial charge in [0.1, 0.15) is 12.2 Å². The van der Waals surface area contributed by atoms with Crippen molar-refractivity contribution in [2.75, 3.05) is 34.0 Å². The van der Waals surface area contributed by atoms with E-state index in [4.69, 9.17) is 39.9 Å². The highest BCUT2D eigenvalue weighted by atomic mass is 16.6. The van der Waals surface area contributed by atoms with Gasteiger partial charge in [0.2, 0.25) is 0 Å². The SMILES string of the molecule is CC(=O)OCC(=O)[O-].CC(=O)[O-].CC(=O)[O-].CC(C)(O)C(=O)[O-].CCCC(=O)[O-].CCCC(=O)[O-].CCCCCCCC(=O)[O-].CCCCCCCC(=O)[O-].CCCCCCCCCCCC(=O)[O-].COC(C)(C)C(=O)[O-].COCC(=O)[O-].O=C([O-])CO. The maximum atomic E-state index is 10.1. The van der Waals surface area contributed by atoms with Crippen LogP contribution in [0.5, 0.6) is 0 Å². The molecule has 0 spiro atoms. The fraction of sp³-hybridized carbons (Fsp3) is 0.776. The van der Waals surface area contributed by atoms with Crippen molar-refractivity contribution < 1.29 is 148 Å². The molecule has 30 heteroatoms. The summed E-state index contributed by atoms with van der Waals surface area (Å²) in [5, 5.41) is 130. The number of aliphatic carboxylic acids is 12. The second kappa shape index (κ2) is 86.4. The molecule has 2 N–H and O–H groups in total. The average Bonchev–Trinajstić information content (AvgIpc) is 3.38. The van der Waals surface area contributed by atoms with Crippen molar-refractivity contribution in [1.29, 1.82) is 0 Å². The van der Waals surface area contributed by atoms with Gasteiger partial charge in [-0.05, 0) is 92.9 Å². The lowest BCUT2D eigenvalue weighted by Crippen LogP contribution is -2.44. The third-order valence-electron chi connectivity index (χ3n) is 8.65. The highest BCUT2D eigenvalue weighted by molar-refractivity contribution is 5.74. The van der Waals surface area contributed by atoms with Crippen molar-refractivity contribution in [2.24, 2.45) is 0 Å². The van der Waals surface area contributed by atoms with Crippen LogP contribution in [0.4, 0.5) is 0 Å². The molecule has 0 aliphatic rings. The Morgan fingerprint density at radius 2 is 0.557 bits per heavy atom. The van der Waals surface area contributed by atoms with E-state index in [0.717, 1.165) is 86.0 Å². The van der Waals surface area contributed by atoms with E-state index in [1.165, 1.54) is 98.7 Å². The van der Waals surface area contributed by atoms with Gasteiger partial charge in [0.15, 0.2) is 0 Å². The molecule has 526 valence electrons. The Balaban J connectivity index is -0.0000000728. The predicted molar refractivity (Wildman–Crippen MR) is 293 cm³/mol. The molecule has 0 aromatic carbocycles. The predicted octanol–water partition coefficient (Wildman–Crippen LogP) is -6.48. The second-order valence-corrected chi connectivity index (χ2v) is 18.6. The summed E-state index contributed by atoms with van der Waals surface area (Å²) >= 11 is 0. The molecule has 0 aromatic heterocycles. The van der Waals surface area contributed by atoms with E-state index in [-0.39, 0.29) is 38.7 Å². The lowest BCUT2D eigenvalue weighted by Gasteiger charge is -2.23. The van der Waals surface area contributed by atoms with Crippen LogP contribution in [0.3, 0.4) is 0 Å². The number of carbonyl (C=O) groups is 13. The van der Waals surface area contributed by atoms with E-state index in [1.54, 1.807) is 13.8 Å². The number of carboxylic acids is 12. The first kappa shape index (κ1) is 109. The quantitative estimate of drug-likeness (QED) is 0.0447. The third-order valence-corrected chi connectivity index (χ3v) is 8.65. The first-order valence-electron chi connectivity index (χ1n) is 28.3. The van der Waals surface area contributed by atoms with Gasteiger partial charge in [0.25, 0.3) is 0 Å². The van der Waals surface area contributed by atoms with Crippen LogP contribution in [0.25, 0.3) is 0 Å². The fourth-order valence-corrected chi connectivity index (χ4v) is 4.10. The number of carbonyl (C=O) groups excluding carboxylic acids is 13. The standard InChI is InChI=1S/C12H24O2.2C8H16O2.C5H10O3.C4H6O4.C4H8O3.2C4H8O2.C3H6O3.C2H4O3.2C2H4O2/c1-2-3-4-5-6-7-8-9-10-11-12(13)14;2*1-2-3-4-5-6-7-8(9)10;1-5(2,8-3)4(6)7;1-3(5)8-2-4(6)7;1-4(2,7)3(5)6;2*1-2-3-4(5)6;1-6-2-3(4)5;3-1-2(4)5;2*1-2(3)4/h2-11H2,1H3,(H,13,14);2*2-7H2,1H3,(H,9,10);1-3H3,(H,6,7);2H2,1H3,(H,6,7);7H,1-2H3,(H,5,6);2*2-3H2,1H3,(H,5,6);2H2,1H3,(H,4,5);3H,1H2,(H,4,5);2*1H3,(H,3,4)/p-12. The molecule has 30 nitrogen and oxygen atoms in total. The molecule has 0 bridgehead atoms. The fourth-order valence-electron chi connectivity index (χ4n) is 4.10. The lowest BCUT2D eigenvalue weighted by atomic mass is 10.1. The Morgan fingerprint density at radius 1 is 0.341 bits per heavy atom. The summed E-state index contributed by atoms with van der Waals surface area (Å²) in [5.74, 6) is -14.1. The minimum absolute atomic E-state index is 0.181. The number of ether oxygens (including phenoxy) is 3. The molecular weight excluding hydrogens is 1180 g/mol. The van der Waals surface area contributed by atoms with E-state index in [0.29, 0.717) is 12.8 Å². The minimum Gasteiger partial charge on any atom is -0.550 e. The van der Waals surface area contributed by atoms with Gasteiger partial charge in [-0.15, -0.1) is 0 Å². The summed E-state index contributed by atoms with van der Waals surface area (Å²) in [4.78, 5) is 124. The number of carboxylic acid groups (broad SMARTS) is 12. The van der Waals surface area contributed by atoms with Crippen LogP contribution >= 0.6 is 0 Å². The second-order valence-electron chi connectivity index (χ2n) is 18.6. The molecule has 0 fully saturated rings. The Bertz CT molecular complexity index is 1610. The number of hydrogen-bond donors (Lipinski definition) is 2. The van der Waals surface area contributed by atoms with E-state index in [1.807, 2.05) is 0 Å². The zero-order valence-corrected chi connectivity index (χ0v) is 54.3. The van der Waals surface area contributed by atoms with Crippen LogP contribution in [0.15, 0.2) is 0 Å². The first-order chi connectivity index (χ1) is 40.4. The van der Waals surface area contributed by atoms with Crippen molar-refractivity contribution in [1.82, 2.24) is 0 Å². The van der Waals surface area contributed by atoms with Gasteiger partial charge in [-0.1, -0.05) is 150 Å².